The Balaban J connectivity index is 1.50. The van der Waals surface area contributed by atoms with Crippen molar-refractivity contribution in [3.05, 3.63) is 90.1 Å². The van der Waals surface area contributed by atoms with Gasteiger partial charge in [-0.1, -0.05) is 36.4 Å². The summed E-state index contributed by atoms with van der Waals surface area (Å²) in [6, 6.07) is 21.9. The smallest absolute Gasteiger partial charge is 0.381 e. The molecule has 1 aromatic heterocycles. The number of carbonyl (C=O) groups excluding carboxylic acids is 1. The van der Waals surface area contributed by atoms with E-state index in [0.717, 1.165) is 28.1 Å². The van der Waals surface area contributed by atoms with Crippen molar-refractivity contribution in [1.29, 1.82) is 5.26 Å². The van der Waals surface area contributed by atoms with Gasteiger partial charge in [-0.15, -0.1) is 0 Å². The van der Waals surface area contributed by atoms with E-state index in [2.05, 4.69) is 5.32 Å². The van der Waals surface area contributed by atoms with Crippen molar-refractivity contribution in [2.75, 3.05) is 5.32 Å². The van der Waals surface area contributed by atoms with Crippen LogP contribution in [0.2, 0.25) is 0 Å². The number of rotatable bonds is 5. The number of nitrogens with one attached hydrogen (secondary N) is 1. The summed E-state index contributed by atoms with van der Waals surface area (Å²) in [5, 5.41) is 22.4. The lowest BCUT2D eigenvalue weighted by Gasteiger charge is -2.15. The molecule has 0 fully saturated rings. The molecule has 8 heteroatoms. The lowest BCUT2D eigenvalue weighted by atomic mass is 10.0. The summed E-state index contributed by atoms with van der Waals surface area (Å²) in [7, 11) is 0. The van der Waals surface area contributed by atoms with Crippen LogP contribution in [0.25, 0.3) is 22.0 Å². The van der Waals surface area contributed by atoms with E-state index in [9.17, 15) is 23.1 Å². The van der Waals surface area contributed by atoms with Gasteiger partial charge in [-0.05, 0) is 47.5 Å². The number of hydrogen-bond donors (Lipinski definition) is 2. The molecule has 4 aromatic rings. The molecule has 0 saturated heterocycles. The van der Waals surface area contributed by atoms with Gasteiger partial charge in [0.05, 0.1) is 23.7 Å². The first kappa shape index (κ1) is 22.1. The molecular weight excluding hydrogens is 431 g/mol. The maximum absolute atomic E-state index is 13.1. The Morgan fingerprint density at radius 3 is 2.48 bits per heavy atom. The van der Waals surface area contributed by atoms with Gasteiger partial charge in [0.1, 0.15) is 0 Å². The third-order valence-corrected chi connectivity index (χ3v) is 5.26. The first-order valence-corrected chi connectivity index (χ1v) is 10.0. The van der Waals surface area contributed by atoms with Crippen LogP contribution in [0.3, 0.4) is 0 Å². The fourth-order valence-corrected chi connectivity index (χ4v) is 3.62. The molecule has 1 heterocycles. The van der Waals surface area contributed by atoms with E-state index < -0.39 is 29.3 Å². The van der Waals surface area contributed by atoms with Crippen LogP contribution in [-0.4, -0.2) is 21.7 Å². The number of alkyl halides is 3. The molecule has 0 saturated carbocycles. The molecule has 3 aromatic carbocycles. The van der Waals surface area contributed by atoms with Crippen molar-refractivity contribution in [3.63, 3.8) is 0 Å². The highest BCUT2D eigenvalue weighted by Gasteiger charge is 2.34. The van der Waals surface area contributed by atoms with E-state index in [1.165, 1.54) is 12.1 Å². The number of nitrogens with zero attached hydrogens (tertiary/aromatic N) is 2. The van der Waals surface area contributed by atoms with E-state index >= 15 is 0 Å². The van der Waals surface area contributed by atoms with Crippen molar-refractivity contribution >= 4 is 22.5 Å². The summed E-state index contributed by atoms with van der Waals surface area (Å²) in [6.07, 6.45) is -4.51. The first-order chi connectivity index (χ1) is 15.8. The molecule has 1 amide bonds. The normalized spacial score (nSPS) is 12.3. The topological polar surface area (TPSA) is 78.1 Å². The van der Waals surface area contributed by atoms with Crippen molar-refractivity contribution in [3.8, 4) is 17.2 Å². The number of aliphatic hydroxyl groups is 1. The van der Waals surface area contributed by atoms with E-state index in [4.69, 9.17) is 5.26 Å². The summed E-state index contributed by atoms with van der Waals surface area (Å²) in [4.78, 5) is 12.4. The number of aromatic nitrogens is 1. The number of amides is 1. The minimum Gasteiger partial charge on any atom is -0.381 e. The van der Waals surface area contributed by atoms with Crippen LogP contribution < -0.4 is 5.32 Å². The summed E-state index contributed by atoms with van der Waals surface area (Å²) >= 11 is 0. The largest absolute Gasteiger partial charge is 0.417 e. The molecule has 33 heavy (non-hydrogen) atoms. The molecule has 0 spiro atoms. The standard InChI is InChI=1S/C25H18F3N3O2/c26-25(27,28)21-13-20(8-6-19(21)14-29)30-24(33)23(32)15-31-11-10-18-12-17(7-9-22(18)31)16-4-2-1-3-5-16/h1-13,23,32H,15H2,(H,30,33). The van der Waals surface area contributed by atoms with Crippen molar-refractivity contribution in [2.24, 2.45) is 0 Å². The fraction of sp³-hybridized carbons (Fsp3) is 0.120. The van der Waals surface area contributed by atoms with Crippen LogP contribution in [0.4, 0.5) is 18.9 Å². The van der Waals surface area contributed by atoms with E-state index in [0.29, 0.717) is 6.07 Å². The Morgan fingerprint density at radius 2 is 1.79 bits per heavy atom. The van der Waals surface area contributed by atoms with Gasteiger partial charge in [0.2, 0.25) is 0 Å². The number of fused-ring (bicyclic) bond motifs is 1. The van der Waals surface area contributed by atoms with Gasteiger partial charge in [0.25, 0.3) is 5.91 Å². The van der Waals surface area contributed by atoms with E-state index in [1.807, 2.05) is 54.6 Å². The van der Waals surface area contributed by atoms with Crippen molar-refractivity contribution in [2.45, 2.75) is 18.8 Å². The Hall–Kier alpha value is -4.09. The molecule has 4 rings (SSSR count). The van der Waals surface area contributed by atoms with Gasteiger partial charge in [0.15, 0.2) is 6.10 Å². The maximum atomic E-state index is 13.1. The van der Waals surface area contributed by atoms with Gasteiger partial charge in [-0.25, -0.2) is 0 Å². The number of hydrogen-bond acceptors (Lipinski definition) is 3. The predicted molar refractivity (Wildman–Crippen MR) is 118 cm³/mol. The molecule has 0 bridgehead atoms. The van der Waals surface area contributed by atoms with Gasteiger partial charge in [-0.2, -0.15) is 18.4 Å². The van der Waals surface area contributed by atoms with Gasteiger partial charge < -0.3 is 15.0 Å². The van der Waals surface area contributed by atoms with Crippen molar-refractivity contribution < 1.29 is 23.1 Å². The molecule has 0 radical (unpaired) electrons. The molecule has 1 unspecified atom stereocenters. The minimum absolute atomic E-state index is 0.0809. The van der Waals surface area contributed by atoms with Gasteiger partial charge in [-0.3, -0.25) is 4.79 Å². The van der Waals surface area contributed by atoms with Gasteiger partial charge in [0, 0.05) is 22.8 Å². The highest BCUT2D eigenvalue weighted by Crippen LogP contribution is 2.33. The molecule has 5 nitrogen and oxygen atoms in total. The van der Waals surface area contributed by atoms with Crippen molar-refractivity contribution in [1.82, 2.24) is 4.57 Å². The average molecular weight is 449 g/mol. The molecule has 2 N–H and O–H groups in total. The number of nitriles is 1. The number of anilines is 1. The molecular formula is C25H18F3N3O2. The monoisotopic (exact) mass is 449 g/mol. The van der Waals surface area contributed by atoms with Gasteiger partial charge >= 0.3 is 6.18 Å². The highest BCUT2D eigenvalue weighted by molar-refractivity contribution is 5.94. The number of carbonyl (C=O) groups is 1. The van der Waals surface area contributed by atoms with E-state index in [1.54, 1.807) is 10.8 Å². The zero-order chi connectivity index (χ0) is 23.6. The zero-order valence-corrected chi connectivity index (χ0v) is 17.2. The number of aliphatic hydroxyl groups excluding tert-OH is 1. The Kier molecular flexibility index (Phi) is 5.90. The average Bonchev–Trinajstić information content (AvgIpc) is 3.21. The molecule has 0 aliphatic carbocycles. The molecule has 1 atom stereocenters. The van der Waals surface area contributed by atoms with Crippen LogP contribution in [0.1, 0.15) is 11.1 Å². The predicted octanol–water partition coefficient (Wildman–Crippen LogP) is 5.20. The lowest BCUT2D eigenvalue weighted by molar-refractivity contribution is -0.137. The summed E-state index contributed by atoms with van der Waals surface area (Å²) in [6.45, 7) is -0.0809. The summed E-state index contributed by atoms with van der Waals surface area (Å²) in [5.41, 5.74) is 1.04. The second kappa shape index (κ2) is 8.81. The first-order valence-electron chi connectivity index (χ1n) is 10.0. The number of benzene rings is 3. The molecule has 166 valence electrons. The van der Waals surface area contributed by atoms with Crippen LogP contribution in [0.15, 0.2) is 79.0 Å². The quantitative estimate of drug-likeness (QED) is 0.440. The summed E-state index contributed by atoms with van der Waals surface area (Å²) in [5.74, 6) is -0.851. The van der Waals surface area contributed by atoms with Crippen LogP contribution in [0.5, 0.6) is 0 Å². The maximum Gasteiger partial charge on any atom is 0.417 e. The lowest BCUT2D eigenvalue weighted by Crippen LogP contribution is -2.31. The highest BCUT2D eigenvalue weighted by atomic mass is 19.4. The minimum atomic E-state index is -4.74. The fourth-order valence-electron chi connectivity index (χ4n) is 3.62. The summed E-state index contributed by atoms with van der Waals surface area (Å²) < 4.78 is 41.1. The SMILES string of the molecule is N#Cc1ccc(NC(=O)C(O)Cn2ccc3cc(-c4ccccc4)ccc32)cc1C(F)(F)F. The second-order valence-corrected chi connectivity index (χ2v) is 7.48. The van der Waals surface area contributed by atoms with Crippen LogP contribution in [0, 0.1) is 11.3 Å². The third kappa shape index (κ3) is 4.73. The second-order valence-electron chi connectivity index (χ2n) is 7.48. The number of halogens is 3. The molecule has 0 aliphatic rings. The van der Waals surface area contributed by atoms with E-state index in [-0.39, 0.29) is 12.2 Å². The van der Waals surface area contributed by atoms with Crippen LogP contribution >= 0.6 is 0 Å². The zero-order valence-electron chi connectivity index (χ0n) is 17.2. The third-order valence-electron chi connectivity index (χ3n) is 5.26. The van der Waals surface area contributed by atoms with Crippen LogP contribution in [-0.2, 0) is 17.5 Å². The Bertz CT molecular complexity index is 1360. The Labute approximate surface area is 187 Å². The molecule has 0 aliphatic heterocycles. The Morgan fingerprint density at radius 1 is 1.03 bits per heavy atom.